The Bertz CT molecular complexity index is 488. The van der Waals surface area contributed by atoms with E-state index in [0.29, 0.717) is 5.82 Å². The molecule has 0 bridgehead atoms. The minimum Gasteiger partial charge on any atom is -0.383 e. The number of nitrogens with two attached hydrogens (primary N) is 1. The van der Waals surface area contributed by atoms with E-state index >= 15 is 0 Å². The quantitative estimate of drug-likeness (QED) is 0.872. The first-order valence-corrected chi connectivity index (χ1v) is 5.94. The summed E-state index contributed by atoms with van der Waals surface area (Å²) in [6.45, 7) is 1.91. The summed E-state index contributed by atoms with van der Waals surface area (Å²) in [5.41, 5.74) is 7.75. The van der Waals surface area contributed by atoms with Crippen LogP contribution in [-0.4, -0.2) is 9.78 Å². The highest BCUT2D eigenvalue weighted by atomic mass is 79.9. The summed E-state index contributed by atoms with van der Waals surface area (Å²) < 4.78 is 3.60. The number of hydrogen-bond acceptors (Lipinski definition) is 2. The van der Waals surface area contributed by atoms with Crippen LogP contribution in [0.3, 0.4) is 0 Å². The molecule has 1 aromatic heterocycles. The van der Waals surface area contributed by atoms with E-state index in [4.69, 9.17) is 5.73 Å². The fourth-order valence-corrected chi connectivity index (χ4v) is 1.82. The zero-order valence-electron chi connectivity index (χ0n) is 8.04. The average Bonchev–Trinajstić information content (AvgIpc) is 2.47. The fraction of sp³-hybridized carbons (Fsp3) is 0.100. The number of nitrogen functional groups attached to an aromatic ring is 1. The SMILES string of the molecule is Cc1nn(-c2ccc(Br)cc2)c(N)c1Br. The van der Waals surface area contributed by atoms with Crippen molar-refractivity contribution < 1.29 is 0 Å². The maximum Gasteiger partial charge on any atom is 0.141 e. The van der Waals surface area contributed by atoms with E-state index < -0.39 is 0 Å². The molecule has 15 heavy (non-hydrogen) atoms. The Hall–Kier alpha value is -0.810. The topological polar surface area (TPSA) is 43.8 Å². The van der Waals surface area contributed by atoms with Gasteiger partial charge in [0.2, 0.25) is 0 Å². The highest BCUT2D eigenvalue weighted by Crippen LogP contribution is 2.26. The van der Waals surface area contributed by atoms with Gasteiger partial charge in [-0.3, -0.25) is 0 Å². The van der Waals surface area contributed by atoms with Gasteiger partial charge < -0.3 is 5.73 Å². The van der Waals surface area contributed by atoms with Crippen LogP contribution in [0.1, 0.15) is 5.69 Å². The normalized spacial score (nSPS) is 10.6. The van der Waals surface area contributed by atoms with E-state index in [9.17, 15) is 0 Å². The summed E-state index contributed by atoms with van der Waals surface area (Å²) in [6, 6.07) is 7.83. The predicted octanol–water partition coefficient (Wildman–Crippen LogP) is 3.29. The Morgan fingerprint density at radius 3 is 2.27 bits per heavy atom. The van der Waals surface area contributed by atoms with Crippen molar-refractivity contribution in [3.8, 4) is 5.69 Å². The van der Waals surface area contributed by atoms with Crippen molar-refractivity contribution in [1.82, 2.24) is 9.78 Å². The van der Waals surface area contributed by atoms with Crippen LogP contribution in [0, 0.1) is 6.92 Å². The number of aryl methyl sites for hydroxylation is 1. The Morgan fingerprint density at radius 2 is 1.80 bits per heavy atom. The van der Waals surface area contributed by atoms with Gasteiger partial charge in [0, 0.05) is 4.47 Å². The molecule has 2 N–H and O–H groups in total. The van der Waals surface area contributed by atoms with E-state index in [1.807, 2.05) is 31.2 Å². The number of nitrogens with zero attached hydrogens (tertiary/aromatic N) is 2. The highest BCUT2D eigenvalue weighted by Gasteiger charge is 2.10. The standard InChI is InChI=1S/C10H9Br2N3/c1-6-9(12)10(13)15(14-6)8-4-2-7(11)3-5-8/h2-5H,13H2,1H3. The largest absolute Gasteiger partial charge is 0.383 e. The molecule has 1 aromatic carbocycles. The van der Waals surface area contributed by atoms with Crippen LogP contribution in [0.2, 0.25) is 0 Å². The Balaban J connectivity index is 2.54. The number of anilines is 1. The van der Waals surface area contributed by atoms with E-state index in [-0.39, 0.29) is 0 Å². The second kappa shape index (κ2) is 3.98. The van der Waals surface area contributed by atoms with Crippen LogP contribution in [0.25, 0.3) is 5.69 Å². The number of benzene rings is 1. The summed E-state index contributed by atoms with van der Waals surface area (Å²) in [7, 11) is 0. The molecular formula is C10H9Br2N3. The summed E-state index contributed by atoms with van der Waals surface area (Å²) >= 11 is 6.78. The van der Waals surface area contributed by atoms with Gasteiger partial charge in [0.05, 0.1) is 15.9 Å². The Labute approximate surface area is 105 Å². The minimum atomic E-state index is 0.620. The lowest BCUT2D eigenvalue weighted by atomic mass is 10.3. The van der Waals surface area contributed by atoms with Crippen LogP contribution < -0.4 is 5.73 Å². The van der Waals surface area contributed by atoms with Gasteiger partial charge in [-0.2, -0.15) is 5.10 Å². The van der Waals surface area contributed by atoms with Crippen LogP contribution >= 0.6 is 31.9 Å². The summed E-state index contributed by atoms with van der Waals surface area (Å²) in [6.07, 6.45) is 0. The van der Waals surface area contributed by atoms with Gasteiger partial charge in [-0.15, -0.1) is 0 Å². The molecule has 2 aromatic rings. The molecule has 0 aliphatic rings. The summed E-state index contributed by atoms with van der Waals surface area (Å²) in [5.74, 6) is 0.620. The fourth-order valence-electron chi connectivity index (χ4n) is 1.31. The second-order valence-electron chi connectivity index (χ2n) is 3.17. The average molecular weight is 331 g/mol. The Morgan fingerprint density at radius 1 is 1.20 bits per heavy atom. The van der Waals surface area contributed by atoms with E-state index in [1.165, 1.54) is 0 Å². The molecule has 0 aliphatic heterocycles. The molecule has 3 nitrogen and oxygen atoms in total. The van der Waals surface area contributed by atoms with Crippen molar-refractivity contribution in [1.29, 1.82) is 0 Å². The first-order chi connectivity index (χ1) is 7.09. The van der Waals surface area contributed by atoms with Crippen LogP contribution in [-0.2, 0) is 0 Å². The van der Waals surface area contributed by atoms with Gasteiger partial charge in [0.1, 0.15) is 5.82 Å². The summed E-state index contributed by atoms with van der Waals surface area (Å²) in [4.78, 5) is 0. The molecule has 0 spiro atoms. The first-order valence-electron chi connectivity index (χ1n) is 4.36. The van der Waals surface area contributed by atoms with Gasteiger partial charge in [-0.05, 0) is 47.1 Å². The molecule has 0 atom stereocenters. The molecule has 0 aliphatic carbocycles. The smallest absolute Gasteiger partial charge is 0.141 e. The number of halogens is 2. The zero-order chi connectivity index (χ0) is 11.0. The monoisotopic (exact) mass is 329 g/mol. The molecule has 0 amide bonds. The molecule has 78 valence electrons. The van der Waals surface area contributed by atoms with Crippen LogP contribution in [0.4, 0.5) is 5.82 Å². The zero-order valence-corrected chi connectivity index (χ0v) is 11.2. The van der Waals surface area contributed by atoms with E-state index in [1.54, 1.807) is 4.68 Å². The van der Waals surface area contributed by atoms with Gasteiger partial charge in [-0.25, -0.2) is 4.68 Å². The highest BCUT2D eigenvalue weighted by molar-refractivity contribution is 9.11. The van der Waals surface area contributed by atoms with Crippen LogP contribution in [0.15, 0.2) is 33.2 Å². The minimum absolute atomic E-state index is 0.620. The van der Waals surface area contributed by atoms with Gasteiger partial charge in [0.25, 0.3) is 0 Å². The third-order valence-corrected chi connectivity index (χ3v) is 3.60. The third kappa shape index (κ3) is 1.94. The number of aromatic nitrogens is 2. The molecule has 0 saturated heterocycles. The third-order valence-electron chi connectivity index (χ3n) is 2.09. The molecule has 0 fully saturated rings. The van der Waals surface area contributed by atoms with Crippen LogP contribution in [0.5, 0.6) is 0 Å². The van der Waals surface area contributed by atoms with Gasteiger partial charge in [0.15, 0.2) is 0 Å². The lowest BCUT2D eigenvalue weighted by molar-refractivity contribution is 0.872. The van der Waals surface area contributed by atoms with Crippen molar-refractivity contribution in [2.24, 2.45) is 0 Å². The van der Waals surface area contributed by atoms with Crippen molar-refractivity contribution in [3.05, 3.63) is 38.9 Å². The lowest BCUT2D eigenvalue weighted by Gasteiger charge is -2.03. The molecule has 0 radical (unpaired) electrons. The predicted molar refractivity (Wildman–Crippen MR) is 68.1 cm³/mol. The molecule has 1 heterocycles. The molecule has 0 saturated carbocycles. The van der Waals surface area contributed by atoms with E-state index in [2.05, 4.69) is 37.0 Å². The summed E-state index contributed by atoms with van der Waals surface area (Å²) in [5, 5.41) is 4.34. The molecule has 5 heteroatoms. The van der Waals surface area contributed by atoms with Crippen molar-refractivity contribution in [2.75, 3.05) is 5.73 Å². The molecule has 2 rings (SSSR count). The number of hydrogen-bond donors (Lipinski definition) is 1. The molecule has 0 unspecified atom stereocenters. The second-order valence-corrected chi connectivity index (χ2v) is 4.88. The van der Waals surface area contributed by atoms with Crippen molar-refractivity contribution in [2.45, 2.75) is 6.92 Å². The van der Waals surface area contributed by atoms with Crippen molar-refractivity contribution in [3.63, 3.8) is 0 Å². The van der Waals surface area contributed by atoms with Gasteiger partial charge >= 0.3 is 0 Å². The maximum absolute atomic E-state index is 5.92. The lowest BCUT2D eigenvalue weighted by Crippen LogP contribution is -2.01. The molecular weight excluding hydrogens is 322 g/mol. The van der Waals surface area contributed by atoms with Gasteiger partial charge in [-0.1, -0.05) is 15.9 Å². The van der Waals surface area contributed by atoms with Crippen molar-refractivity contribution >= 4 is 37.7 Å². The van der Waals surface area contributed by atoms with E-state index in [0.717, 1.165) is 20.3 Å². The number of rotatable bonds is 1. The maximum atomic E-state index is 5.92. The Kier molecular flexibility index (Phi) is 2.84. The first kappa shape index (κ1) is 10.7.